The van der Waals surface area contributed by atoms with E-state index < -0.39 is 5.91 Å². The fraction of sp³-hybridized carbons (Fsp3) is 0.333. The third kappa shape index (κ3) is 1.65. The van der Waals surface area contributed by atoms with Gasteiger partial charge in [0.2, 0.25) is 5.91 Å². The van der Waals surface area contributed by atoms with Gasteiger partial charge in [-0.05, 0) is 18.9 Å². The maximum atomic E-state index is 10.8. The molecule has 4 heteroatoms. The molecule has 2 N–H and O–H groups in total. The summed E-state index contributed by atoms with van der Waals surface area (Å²) >= 11 is 5.94. The monoisotopic (exact) mass is 196 g/mol. The van der Waals surface area contributed by atoms with E-state index >= 15 is 0 Å². The second kappa shape index (κ2) is 3.00. The molecule has 68 valence electrons. The summed E-state index contributed by atoms with van der Waals surface area (Å²) in [5, 5.41) is 0.554. The summed E-state index contributed by atoms with van der Waals surface area (Å²) in [4.78, 5) is 14.9. The molecule has 1 aliphatic rings. The summed E-state index contributed by atoms with van der Waals surface area (Å²) in [5.41, 5.74) is 6.35. The van der Waals surface area contributed by atoms with E-state index in [1.165, 1.54) is 6.20 Å². The zero-order valence-electron chi connectivity index (χ0n) is 6.96. The van der Waals surface area contributed by atoms with Gasteiger partial charge < -0.3 is 5.73 Å². The molecule has 0 bridgehead atoms. The molecule has 1 heterocycles. The lowest BCUT2D eigenvalue weighted by molar-refractivity contribution is 0.1000. The maximum absolute atomic E-state index is 10.8. The molecular formula is C9H9ClN2O. The lowest BCUT2D eigenvalue weighted by Crippen LogP contribution is -2.11. The number of rotatable bonds is 2. The minimum absolute atomic E-state index is 0.370. The van der Waals surface area contributed by atoms with Crippen molar-refractivity contribution in [2.24, 2.45) is 5.73 Å². The Kier molecular flexibility index (Phi) is 1.96. The van der Waals surface area contributed by atoms with E-state index in [1.807, 2.05) is 0 Å². The first kappa shape index (κ1) is 8.51. The SMILES string of the molecule is NC(=O)c1cnc(C2CC2)c(Cl)c1. The van der Waals surface area contributed by atoms with E-state index in [0.717, 1.165) is 18.5 Å². The van der Waals surface area contributed by atoms with Gasteiger partial charge in [0.1, 0.15) is 0 Å². The van der Waals surface area contributed by atoms with Crippen molar-refractivity contribution in [2.75, 3.05) is 0 Å². The fourth-order valence-electron chi connectivity index (χ4n) is 1.24. The molecule has 1 fully saturated rings. The van der Waals surface area contributed by atoms with Gasteiger partial charge in [-0.25, -0.2) is 0 Å². The molecule has 3 nitrogen and oxygen atoms in total. The Hall–Kier alpha value is -1.09. The van der Waals surface area contributed by atoms with Crippen LogP contribution >= 0.6 is 11.6 Å². The Morgan fingerprint density at radius 3 is 2.77 bits per heavy atom. The average molecular weight is 197 g/mol. The van der Waals surface area contributed by atoms with Crippen molar-refractivity contribution in [1.29, 1.82) is 0 Å². The highest BCUT2D eigenvalue weighted by Gasteiger charge is 2.27. The predicted molar refractivity (Wildman–Crippen MR) is 49.7 cm³/mol. The summed E-state index contributed by atoms with van der Waals surface area (Å²) in [5.74, 6) is 0.00572. The van der Waals surface area contributed by atoms with Crippen LogP contribution in [0.5, 0.6) is 0 Å². The molecule has 0 aromatic carbocycles. The van der Waals surface area contributed by atoms with E-state index in [0.29, 0.717) is 16.5 Å². The van der Waals surface area contributed by atoms with Crippen LogP contribution in [0.4, 0.5) is 0 Å². The minimum Gasteiger partial charge on any atom is -0.366 e. The Labute approximate surface area is 80.9 Å². The number of hydrogen-bond donors (Lipinski definition) is 1. The molecule has 13 heavy (non-hydrogen) atoms. The van der Waals surface area contributed by atoms with Gasteiger partial charge in [0.05, 0.1) is 16.3 Å². The summed E-state index contributed by atoms with van der Waals surface area (Å²) in [6.45, 7) is 0. The summed E-state index contributed by atoms with van der Waals surface area (Å²) < 4.78 is 0. The first-order chi connectivity index (χ1) is 6.18. The largest absolute Gasteiger partial charge is 0.366 e. The van der Waals surface area contributed by atoms with E-state index in [2.05, 4.69) is 4.98 Å². The summed E-state index contributed by atoms with van der Waals surface area (Å²) in [6.07, 6.45) is 3.77. The molecule has 1 aromatic rings. The second-order valence-corrected chi connectivity index (χ2v) is 3.64. The zero-order valence-corrected chi connectivity index (χ0v) is 7.71. The van der Waals surface area contributed by atoms with Crippen molar-refractivity contribution < 1.29 is 4.79 Å². The highest BCUT2D eigenvalue weighted by molar-refractivity contribution is 6.31. The molecule has 0 atom stereocenters. The standard InChI is InChI=1S/C9H9ClN2O/c10-7-3-6(9(11)13)4-12-8(7)5-1-2-5/h3-5H,1-2H2,(H2,11,13). The van der Waals surface area contributed by atoms with Gasteiger partial charge in [0.15, 0.2) is 0 Å². The Balaban J connectivity index is 2.36. The summed E-state index contributed by atoms with van der Waals surface area (Å²) in [6, 6.07) is 1.59. The smallest absolute Gasteiger partial charge is 0.250 e. The maximum Gasteiger partial charge on any atom is 0.250 e. The number of carbonyl (C=O) groups excluding carboxylic acids is 1. The number of pyridine rings is 1. The molecule has 1 aliphatic carbocycles. The molecular weight excluding hydrogens is 188 g/mol. The third-order valence-corrected chi connectivity index (χ3v) is 2.42. The Morgan fingerprint density at radius 1 is 1.62 bits per heavy atom. The molecule has 0 unspecified atom stereocenters. The number of halogens is 1. The minimum atomic E-state index is -0.489. The first-order valence-corrected chi connectivity index (χ1v) is 4.51. The normalized spacial score (nSPS) is 15.8. The molecule has 0 aliphatic heterocycles. The molecule has 0 radical (unpaired) electrons. The molecule has 1 saturated carbocycles. The third-order valence-electron chi connectivity index (χ3n) is 2.12. The van der Waals surface area contributed by atoms with Crippen LogP contribution < -0.4 is 5.73 Å². The topological polar surface area (TPSA) is 56.0 Å². The number of amides is 1. The van der Waals surface area contributed by atoms with E-state index in [1.54, 1.807) is 6.07 Å². The zero-order chi connectivity index (χ0) is 9.42. The van der Waals surface area contributed by atoms with Crippen LogP contribution in [0.2, 0.25) is 5.02 Å². The lowest BCUT2D eigenvalue weighted by Gasteiger charge is -2.01. The van der Waals surface area contributed by atoms with Crippen molar-refractivity contribution in [3.05, 3.63) is 28.5 Å². The van der Waals surface area contributed by atoms with E-state index in [9.17, 15) is 4.79 Å². The van der Waals surface area contributed by atoms with Crippen LogP contribution in [-0.4, -0.2) is 10.9 Å². The van der Waals surface area contributed by atoms with Crippen LogP contribution in [0.25, 0.3) is 0 Å². The average Bonchev–Trinajstić information content (AvgIpc) is 2.87. The van der Waals surface area contributed by atoms with Gasteiger partial charge in [0, 0.05) is 12.1 Å². The molecule has 0 saturated heterocycles. The number of nitrogens with zero attached hydrogens (tertiary/aromatic N) is 1. The predicted octanol–water partition coefficient (Wildman–Crippen LogP) is 1.71. The van der Waals surface area contributed by atoms with E-state index in [4.69, 9.17) is 17.3 Å². The molecule has 2 rings (SSSR count). The van der Waals surface area contributed by atoms with Gasteiger partial charge >= 0.3 is 0 Å². The number of primary amides is 1. The van der Waals surface area contributed by atoms with Crippen molar-refractivity contribution in [3.63, 3.8) is 0 Å². The molecule has 0 spiro atoms. The van der Waals surface area contributed by atoms with Gasteiger partial charge in [0.25, 0.3) is 0 Å². The Bertz CT molecular complexity index is 361. The Morgan fingerprint density at radius 2 is 2.31 bits per heavy atom. The van der Waals surface area contributed by atoms with Crippen LogP contribution in [0.15, 0.2) is 12.3 Å². The highest BCUT2D eigenvalue weighted by Crippen LogP contribution is 2.41. The van der Waals surface area contributed by atoms with E-state index in [-0.39, 0.29) is 0 Å². The quantitative estimate of drug-likeness (QED) is 0.783. The number of carbonyl (C=O) groups is 1. The lowest BCUT2D eigenvalue weighted by atomic mass is 10.2. The number of hydrogen-bond acceptors (Lipinski definition) is 2. The number of aromatic nitrogens is 1. The van der Waals surface area contributed by atoms with Gasteiger partial charge in [-0.2, -0.15) is 0 Å². The van der Waals surface area contributed by atoms with Crippen molar-refractivity contribution >= 4 is 17.5 Å². The second-order valence-electron chi connectivity index (χ2n) is 3.23. The van der Waals surface area contributed by atoms with Crippen molar-refractivity contribution in [2.45, 2.75) is 18.8 Å². The first-order valence-electron chi connectivity index (χ1n) is 4.13. The van der Waals surface area contributed by atoms with Gasteiger partial charge in [-0.3, -0.25) is 9.78 Å². The molecule has 1 aromatic heterocycles. The highest BCUT2D eigenvalue weighted by atomic mass is 35.5. The number of nitrogens with two attached hydrogens (primary N) is 1. The van der Waals surface area contributed by atoms with Gasteiger partial charge in [-0.1, -0.05) is 11.6 Å². The van der Waals surface area contributed by atoms with Crippen molar-refractivity contribution in [3.8, 4) is 0 Å². The van der Waals surface area contributed by atoms with Crippen molar-refractivity contribution in [1.82, 2.24) is 4.98 Å². The molecule has 1 amide bonds. The van der Waals surface area contributed by atoms with Crippen LogP contribution in [0, 0.1) is 0 Å². The fourth-order valence-corrected chi connectivity index (χ4v) is 1.56. The van der Waals surface area contributed by atoms with Crippen LogP contribution in [-0.2, 0) is 0 Å². The van der Waals surface area contributed by atoms with Crippen LogP contribution in [0.1, 0.15) is 34.8 Å². The summed E-state index contributed by atoms with van der Waals surface area (Å²) in [7, 11) is 0. The van der Waals surface area contributed by atoms with Gasteiger partial charge in [-0.15, -0.1) is 0 Å². The van der Waals surface area contributed by atoms with Crippen LogP contribution in [0.3, 0.4) is 0 Å².